The molecule has 0 aliphatic carbocycles. The maximum Gasteiger partial charge on any atom is 0.411 e. The predicted molar refractivity (Wildman–Crippen MR) is 91.4 cm³/mol. The van der Waals surface area contributed by atoms with E-state index in [2.05, 4.69) is 4.74 Å². The molecule has 0 fully saturated rings. The average molecular weight is 391 g/mol. The number of alkyl halides is 3. The number of hydrogen-bond acceptors (Lipinski definition) is 4. The van der Waals surface area contributed by atoms with Crippen LogP contribution in [0.25, 0.3) is 6.08 Å². The van der Waals surface area contributed by atoms with Gasteiger partial charge in [0.2, 0.25) is 0 Å². The first-order valence-corrected chi connectivity index (χ1v) is 8.27. The Morgan fingerprint density at radius 2 is 2.04 bits per heavy atom. The lowest BCUT2D eigenvalue weighted by atomic mass is 10.1. The first kappa shape index (κ1) is 19.5. The highest BCUT2D eigenvalue weighted by atomic mass is 35.5. The largest absolute Gasteiger partial charge is 0.496 e. The molecule has 134 valence electrons. The third kappa shape index (κ3) is 6.19. The van der Waals surface area contributed by atoms with Gasteiger partial charge in [0.1, 0.15) is 12.4 Å². The van der Waals surface area contributed by atoms with Crippen LogP contribution in [0.15, 0.2) is 36.4 Å². The molecule has 0 atom stereocenters. The maximum absolute atomic E-state index is 12.2. The summed E-state index contributed by atoms with van der Waals surface area (Å²) in [6.07, 6.45) is -1.44. The molecule has 8 heteroatoms. The molecule has 0 saturated carbocycles. The van der Waals surface area contributed by atoms with E-state index >= 15 is 0 Å². The third-order valence-corrected chi connectivity index (χ3v) is 4.32. The Labute approximate surface area is 151 Å². The molecule has 0 spiro atoms. The molecule has 1 aromatic carbocycles. The van der Waals surface area contributed by atoms with Gasteiger partial charge < -0.3 is 9.47 Å². The minimum absolute atomic E-state index is 0.206. The molecule has 0 aliphatic heterocycles. The zero-order valence-electron chi connectivity index (χ0n) is 13.1. The number of methoxy groups -OCH3 is 1. The number of halogens is 4. The fourth-order valence-corrected chi connectivity index (χ4v) is 2.96. The summed E-state index contributed by atoms with van der Waals surface area (Å²) in [4.78, 5) is 12.5. The standard InChI is InChI=1S/C17H14ClF3O3S/c1-23-14-5-3-11(8-12(14)9-24-10-17(19,20)21)2-4-13(22)15-6-7-16(18)25-15/h2-8H,9-10H2,1H3/b4-2+. The van der Waals surface area contributed by atoms with Crippen LogP contribution in [0.3, 0.4) is 0 Å². The van der Waals surface area contributed by atoms with Crippen molar-refractivity contribution in [2.75, 3.05) is 13.7 Å². The van der Waals surface area contributed by atoms with E-state index in [9.17, 15) is 18.0 Å². The van der Waals surface area contributed by atoms with Crippen LogP contribution in [0, 0.1) is 0 Å². The van der Waals surface area contributed by atoms with Crippen LogP contribution in [0.5, 0.6) is 5.75 Å². The van der Waals surface area contributed by atoms with Crippen molar-refractivity contribution >= 4 is 34.8 Å². The minimum atomic E-state index is -4.39. The molecular formula is C17H14ClF3O3S. The summed E-state index contributed by atoms with van der Waals surface area (Å²) in [7, 11) is 1.42. The van der Waals surface area contributed by atoms with Crippen LogP contribution < -0.4 is 4.74 Å². The summed E-state index contributed by atoms with van der Waals surface area (Å²) < 4.78 is 46.8. The molecule has 2 aromatic rings. The van der Waals surface area contributed by atoms with Gasteiger partial charge in [-0.25, -0.2) is 0 Å². The average Bonchev–Trinajstić information content (AvgIpc) is 2.98. The molecular weight excluding hydrogens is 377 g/mol. The normalized spacial score (nSPS) is 11.9. The van der Waals surface area contributed by atoms with Gasteiger partial charge in [-0.1, -0.05) is 23.7 Å². The smallest absolute Gasteiger partial charge is 0.411 e. The van der Waals surface area contributed by atoms with Crippen molar-refractivity contribution in [2.45, 2.75) is 12.8 Å². The molecule has 25 heavy (non-hydrogen) atoms. The second kappa shape index (κ2) is 8.51. The molecule has 2 rings (SSSR count). The Morgan fingerprint density at radius 1 is 1.28 bits per heavy atom. The van der Waals surface area contributed by atoms with Gasteiger partial charge in [-0.05, 0) is 35.9 Å². The number of allylic oxidation sites excluding steroid dienone is 1. The Hall–Kier alpha value is -1.83. The van der Waals surface area contributed by atoms with Crippen LogP contribution in [-0.2, 0) is 11.3 Å². The highest BCUT2D eigenvalue weighted by Crippen LogP contribution is 2.24. The van der Waals surface area contributed by atoms with Crippen LogP contribution in [0.1, 0.15) is 20.8 Å². The molecule has 0 bridgehead atoms. The highest BCUT2D eigenvalue weighted by molar-refractivity contribution is 7.18. The molecule has 0 N–H and O–H groups in total. The number of ketones is 1. The van der Waals surface area contributed by atoms with Crippen LogP contribution in [0.2, 0.25) is 4.34 Å². The van der Waals surface area contributed by atoms with Crippen LogP contribution in [-0.4, -0.2) is 25.7 Å². The first-order valence-electron chi connectivity index (χ1n) is 7.07. The van der Waals surface area contributed by atoms with Crippen molar-refractivity contribution < 1.29 is 27.4 Å². The van der Waals surface area contributed by atoms with E-state index in [1.807, 2.05) is 0 Å². The molecule has 0 saturated heterocycles. The SMILES string of the molecule is COc1ccc(/C=C/C(=O)c2ccc(Cl)s2)cc1COCC(F)(F)F. The summed E-state index contributed by atoms with van der Waals surface area (Å²) in [5, 5.41) is 0. The fraction of sp³-hybridized carbons (Fsp3) is 0.235. The number of ether oxygens (including phenoxy) is 2. The molecule has 0 radical (unpaired) electrons. The van der Waals surface area contributed by atoms with E-state index in [1.54, 1.807) is 36.4 Å². The zero-order chi connectivity index (χ0) is 18.4. The maximum atomic E-state index is 12.2. The van der Waals surface area contributed by atoms with Gasteiger partial charge in [0.15, 0.2) is 5.78 Å². The number of benzene rings is 1. The lowest BCUT2D eigenvalue weighted by Crippen LogP contribution is -2.16. The first-order chi connectivity index (χ1) is 11.8. The number of rotatable bonds is 7. The van der Waals surface area contributed by atoms with Crippen molar-refractivity contribution in [1.82, 2.24) is 0 Å². The molecule has 1 heterocycles. The van der Waals surface area contributed by atoms with E-state index in [4.69, 9.17) is 16.3 Å². The van der Waals surface area contributed by atoms with E-state index < -0.39 is 12.8 Å². The second-order valence-electron chi connectivity index (χ2n) is 4.98. The second-order valence-corrected chi connectivity index (χ2v) is 6.70. The van der Waals surface area contributed by atoms with E-state index in [0.29, 0.717) is 26.1 Å². The van der Waals surface area contributed by atoms with Gasteiger partial charge in [0, 0.05) is 5.56 Å². The lowest BCUT2D eigenvalue weighted by Gasteiger charge is -2.11. The van der Waals surface area contributed by atoms with Gasteiger partial charge in [-0.15, -0.1) is 11.3 Å². The highest BCUT2D eigenvalue weighted by Gasteiger charge is 2.27. The molecule has 0 aliphatic rings. The number of hydrogen-bond donors (Lipinski definition) is 0. The summed E-state index contributed by atoms with van der Waals surface area (Å²) in [5.74, 6) is 0.207. The van der Waals surface area contributed by atoms with E-state index in [1.165, 1.54) is 24.5 Å². The van der Waals surface area contributed by atoms with Crippen molar-refractivity contribution in [3.63, 3.8) is 0 Å². The van der Waals surface area contributed by atoms with Crippen LogP contribution >= 0.6 is 22.9 Å². The monoisotopic (exact) mass is 390 g/mol. The Bertz CT molecular complexity index is 769. The number of thiophene rings is 1. The van der Waals surface area contributed by atoms with Crippen molar-refractivity contribution in [1.29, 1.82) is 0 Å². The molecule has 0 amide bonds. The van der Waals surface area contributed by atoms with Gasteiger partial charge in [-0.3, -0.25) is 4.79 Å². The quantitative estimate of drug-likeness (QED) is 0.470. The van der Waals surface area contributed by atoms with E-state index in [0.717, 1.165) is 0 Å². The predicted octanol–water partition coefficient (Wildman–Crippen LogP) is 5.39. The topological polar surface area (TPSA) is 35.5 Å². The Balaban J connectivity index is 2.09. The summed E-state index contributed by atoms with van der Waals surface area (Å²) in [5.41, 5.74) is 1.10. The number of carbonyl (C=O) groups excluding carboxylic acids is 1. The number of carbonyl (C=O) groups is 1. The van der Waals surface area contributed by atoms with Crippen molar-refractivity contribution in [2.24, 2.45) is 0 Å². The molecule has 0 unspecified atom stereocenters. The van der Waals surface area contributed by atoms with Gasteiger partial charge in [0.05, 0.1) is 22.9 Å². The van der Waals surface area contributed by atoms with Gasteiger partial charge in [-0.2, -0.15) is 13.2 Å². The summed E-state index contributed by atoms with van der Waals surface area (Å²) in [6, 6.07) is 8.18. The lowest BCUT2D eigenvalue weighted by molar-refractivity contribution is -0.176. The Morgan fingerprint density at radius 3 is 2.64 bits per heavy atom. The summed E-state index contributed by atoms with van der Waals surface area (Å²) in [6.45, 7) is -1.59. The fourth-order valence-electron chi connectivity index (χ4n) is 1.99. The van der Waals surface area contributed by atoms with Crippen molar-refractivity contribution in [3.8, 4) is 5.75 Å². The molecule has 1 aromatic heterocycles. The van der Waals surface area contributed by atoms with Crippen molar-refractivity contribution in [3.05, 3.63) is 56.7 Å². The van der Waals surface area contributed by atoms with Gasteiger partial charge in [0.25, 0.3) is 0 Å². The zero-order valence-corrected chi connectivity index (χ0v) is 14.7. The Kier molecular flexibility index (Phi) is 6.64. The molecule has 3 nitrogen and oxygen atoms in total. The van der Waals surface area contributed by atoms with E-state index in [-0.39, 0.29) is 12.4 Å². The third-order valence-electron chi connectivity index (χ3n) is 3.07. The minimum Gasteiger partial charge on any atom is -0.496 e. The van der Waals surface area contributed by atoms with Gasteiger partial charge >= 0.3 is 6.18 Å². The summed E-state index contributed by atoms with van der Waals surface area (Å²) >= 11 is 6.96. The van der Waals surface area contributed by atoms with Crippen LogP contribution in [0.4, 0.5) is 13.2 Å².